The van der Waals surface area contributed by atoms with Gasteiger partial charge in [-0.05, 0) is 32.0 Å². The summed E-state index contributed by atoms with van der Waals surface area (Å²) >= 11 is 0. The van der Waals surface area contributed by atoms with Gasteiger partial charge in [0.1, 0.15) is 19.0 Å². The number of hydrogen-bond donors (Lipinski definition) is 1. The molecule has 0 aromatic carbocycles. The standard InChI is InChI=1S/C11H18N4O2/c12-10-3-6-15(13-10)9-11(16)17-8-7-14-4-1-2-5-14/h3,6H,1-2,4-5,7-9H2,(H2,12,13). The molecule has 2 N–H and O–H groups in total. The van der Waals surface area contributed by atoms with Crippen LogP contribution in [-0.4, -0.2) is 46.9 Å². The number of carbonyl (C=O) groups excluding carboxylic acids is 1. The van der Waals surface area contributed by atoms with Crippen LogP contribution < -0.4 is 5.73 Å². The summed E-state index contributed by atoms with van der Waals surface area (Å²) in [6.45, 7) is 3.64. The number of nitrogens with two attached hydrogens (primary N) is 1. The molecule has 0 amide bonds. The first-order valence-electron chi connectivity index (χ1n) is 5.91. The summed E-state index contributed by atoms with van der Waals surface area (Å²) in [4.78, 5) is 13.8. The van der Waals surface area contributed by atoms with Gasteiger partial charge in [-0.25, -0.2) is 0 Å². The van der Waals surface area contributed by atoms with Crippen LogP contribution in [0.4, 0.5) is 5.82 Å². The van der Waals surface area contributed by atoms with Crippen molar-refractivity contribution in [1.29, 1.82) is 0 Å². The minimum atomic E-state index is -0.271. The molecule has 6 heteroatoms. The monoisotopic (exact) mass is 238 g/mol. The van der Waals surface area contributed by atoms with Crippen molar-refractivity contribution in [2.75, 3.05) is 32.0 Å². The van der Waals surface area contributed by atoms with Crippen LogP contribution in [0.2, 0.25) is 0 Å². The maximum Gasteiger partial charge on any atom is 0.327 e. The van der Waals surface area contributed by atoms with Gasteiger partial charge in [0.2, 0.25) is 0 Å². The van der Waals surface area contributed by atoms with Gasteiger partial charge in [-0.15, -0.1) is 0 Å². The molecular formula is C11H18N4O2. The summed E-state index contributed by atoms with van der Waals surface area (Å²) in [6.07, 6.45) is 4.16. The van der Waals surface area contributed by atoms with Crippen molar-refractivity contribution in [3.05, 3.63) is 12.3 Å². The van der Waals surface area contributed by atoms with E-state index in [9.17, 15) is 4.79 Å². The zero-order valence-corrected chi connectivity index (χ0v) is 9.84. The van der Waals surface area contributed by atoms with Crippen molar-refractivity contribution in [3.63, 3.8) is 0 Å². The number of anilines is 1. The number of esters is 1. The van der Waals surface area contributed by atoms with Gasteiger partial charge in [0.15, 0.2) is 0 Å². The number of nitrogen functional groups attached to an aromatic ring is 1. The highest BCUT2D eigenvalue weighted by atomic mass is 16.5. The van der Waals surface area contributed by atoms with Crippen LogP contribution in [0.5, 0.6) is 0 Å². The van der Waals surface area contributed by atoms with Crippen LogP contribution >= 0.6 is 0 Å². The Bertz CT molecular complexity index is 371. The number of aromatic nitrogens is 2. The minimum absolute atomic E-state index is 0.122. The van der Waals surface area contributed by atoms with Crippen molar-refractivity contribution in [2.24, 2.45) is 0 Å². The third-order valence-corrected chi connectivity index (χ3v) is 2.82. The molecule has 0 unspecified atom stereocenters. The van der Waals surface area contributed by atoms with Crippen LogP contribution in [-0.2, 0) is 16.1 Å². The summed E-state index contributed by atoms with van der Waals surface area (Å²) < 4.78 is 6.61. The van der Waals surface area contributed by atoms with Gasteiger partial charge in [-0.2, -0.15) is 5.10 Å². The fraction of sp³-hybridized carbons (Fsp3) is 0.636. The van der Waals surface area contributed by atoms with Gasteiger partial charge in [0.25, 0.3) is 0 Å². The Morgan fingerprint density at radius 2 is 2.24 bits per heavy atom. The molecular weight excluding hydrogens is 220 g/mol. The van der Waals surface area contributed by atoms with Crippen LogP contribution in [0, 0.1) is 0 Å². The number of carbonyl (C=O) groups is 1. The molecule has 1 aliphatic heterocycles. The lowest BCUT2D eigenvalue weighted by Crippen LogP contribution is -2.26. The van der Waals surface area contributed by atoms with Crippen molar-refractivity contribution >= 4 is 11.8 Å². The first-order chi connectivity index (χ1) is 8.24. The Kier molecular flexibility index (Phi) is 3.98. The molecule has 1 aromatic rings. The zero-order chi connectivity index (χ0) is 12.1. The number of likely N-dealkylation sites (tertiary alicyclic amines) is 1. The maximum atomic E-state index is 11.5. The Hall–Kier alpha value is -1.56. The highest BCUT2D eigenvalue weighted by molar-refractivity contribution is 5.69. The SMILES string of the molecule is Nc1ccn(CC(=O)OCCN2CCCC2)n1. The van der Waals surface area contributed by atoms with E-state index in [0.717, 1.165) is 19.6 Å². The molecule has 0 bridgehead atoms. The van der Waals surface area contributed by atoms with Gasteiger partial charge >= 0.3 is 5.97 Å². The molecule has 0 saturated carbocycles. The van der Waals surface area contributed by atoms with E-state index in [1.54, 1.807) is 12.3 Å². The molecule has 1 fully saturated rings. The van der Waals surface area contributed by atoms with E-state index < -0.39 is 0 Å². The lowest BCUT2D eigenvalue weighted by Gasteiger charge is -2.14. The Morgan fingerprint density at radius 3 is 2.88 bits per heavy atom. The molecule has 0 radical (unpaired) electrons. The number of rotatable bonds is 5. The Labute approximate surface area is 100 Å². The fourth-order valence-corrected chi connectivity index (χ4v) is 1.94. The molecule has 2 rings (SSSR count). The predicted molar refractivity (Wildman–Crippen MR) is 63.3 cm³/mol. The third-order valence-electron chi connectivity index (χ3n) is 2.82. The molecule has 2 heterocycles. The molecule has 6 nitrogen and oxygen atoms in total. The molecule has 1 saturated heterocycles. The number of nitrogens with zero attached hydrogens (tertiary/aromatic N) is 3. The van der Waals surface area contributed by atoms with E-state index in [2.05, 4.69) is 10.00 Å². The normalized spacial score (nSPS) is 16.2. The van der Waals surface area contributed by atoms with E-state index in [-0.39, 0.29) is 12.5 Å². The minimum Gasteiger partial charge on any atom is -0.463 e. The van der Waals surface area contributed by atoms with Gasteiger partial charge in [0.05, 0.1) is 0 Å². The predicted octanol–water partition coefficient (Wildman–Crippen LogP) is 0.104. The largest absolute Gasteiger partial charge is 0.463 e. The lowest BCUT2D eigenvalue weighted by atomic mass is 10.4. The first kappa shape index (κ1) is 11.9. The Morgan fingerprint density at radius 1 is 1.47 bits per heavy atom. The van der Waals surface area contributed by atoms with E-state index >= 15 is 0 Å². The van der Waals surface area contributed by atoms with E-state index in [0.29, 0.717) is 12.4 Å². The molecule has 17 heavy (non-hydrogen) atoms. The average Bonchev–Trinajstić information content (AvgIpc) is 2.90. The quantitative estimate of drug-likeness (QED) is 0.737. The second-order valence-corrected chi connectivity index (χ2v) is 4.21. The summed E-state index contributed by atoms with van der Waals surface area (Å²) in [5, 5.41) is 3.92. The zero-order valence-electron chi connectivity index (χ0n) is 9.84. The second kappa shape index (κ2) is 5.67. The van der Waals surface area contributed by atoms with Gasteiger partial charge in [-0.1, -0.05) is 0 Å². The van der Waals surface area contributed by atoms with Crippen molar-refractivity contribution in [1.82, 2.24) is 14.7 Å². The smallest absolute Gasteiger partial charge is 0.327 e. The summed E-state index contributed by atoms with van der Waals surface area (Å²) in [6, 6.07) is 1.65. The average molecular weight is 238 g/mol. The van der Waals surface area contributed by atoms with Crippen molar-refractivity contribution in [2.45, 2.75) is 19.4 Å². The molecule has 0 atom stereocenters. The molecule has 0 aliphatic carbocycles. The first-order valence-corrected chi connectivity index (χ1v) is 5.91. The third kappa shape index (κ3) is 3.74. The van der Waals surface area contributed by atoms with Gasteiger partial charge in [-0.3, -0.25) is 14.4 Å². The van der Waals surface area contributed by atoms with Crippen LogP contribution in [0.1, 0.15) is 12.8 Å². The molecule has 0 spiro atoms. The summed E-state index contributed by atoms with van der Waals surface area (Å²) in [7, 11) is 0. The van der Waals surface area contributed by atoms with Gasteiger partial charge in [0, 0.05) is 12.7 Å². The molecule has 1 aliphatic rings. The van der Waals surface area contributed by atoms with E-state index in [1.807, 2.05) is 0 Å². The summed E-state index contributed by atoms with van der Waals surface area (Å²) in [5.41, 5.74) is 5.45. The van der Waals surface area contributed by atoms with Crippen LogP contribution in [0.25, 0.3) is 0 Å². The highest BCUT2D eigenvalue weighted by Crippen LogP contribution is 2.06. The topological polar surface area (TPSA) is 73.4 Å². The van der Waals surface area contributed by atoms with Gasteiger partial charge < -0.3 is 10.5 Å². The van der Waals surface area contributed by atoms with Crippen molar-refractivity contribution < 1.29 is 9.53 Å². The van der Waals surface area contributed by atoms with Crippen molar-refractivity contribution in [3.8, 4) is 0 Å². The fourth-order valence-electron chi connectivity index (χ4n) is 1.94. The van der Waals surface area contributed by atoms with Crippen LogP contribution in [0.15, 0.2) is 12.3 Å². The number of hydrogen-bond acceptors (Lipinski definition) is 5. The second-order valence-electron chi connectivity index (χ2n) is 4.21. The van der Waals surface area contributed by atoms with E-state index in [1.165, 1.54) is 17.5 Å². The Balaban J connectivity index is 1.63. The maximum absolute atomic E-state index is 11.5. The highest BCUT2D eigenvalue weighted by Gasteiger charge is 2.12. The van der Waals surface area contributed by atoms with Crippen LogP contribution in [0.3, 0.4) is 0 Å². The summed E-state index contributed by atoms with van der Waals surface area (Å²) in [5.74, 6) is 0.141. The molecule has 1 aromatic heterocycles. The number of ether oxygens (including phenoxy) is 1. The lowest BCUT2D eigenvalue weighted by molar-refractivity contribution is -0.144. The van der Waals surface area contributed by atoms with E-state index in [4.69, 9.17) is 10.5 Å². The molecule has 94 valence electrons.